The molecule has 162 valence electrons. The van der Waals surface area contributed by atoms with Crippen molar-refractivity contribution in [2.24, 2.45) is 0 Å². The third-order valence-corrected chi connectivity index (χ3v) is 5.35. The number of benzene rings is 2. The minimum atomic E-state index is -0.567. The number of halogens is 1. The average molecular weight is 429 g/mol. The monoisotopic (exact) mass is 428 g/mol. The average Bonchev–Trinajstić information content (AvgIpc) is 2.69. The molecule has 4 nitrogen and oxygen atoms in total. The maximum Gasteiger partial charge on any atom is 0.242 e. The first-order valence-corrected chi connectivity index (χ1v) is 11.0. The van der Waals surface area contributed by atoms with E-state index in [1.807, 2.05) is 32.0 Å². The standard InChI is InChI=1S/C25H33ClN2O2/c1-17(2)22-12-9-20(10-13-22)11-14-24(29)28(19(5)25(30)27-18(3)4)16-21-7-6-8-23(26)15-21/h6-10,12-13,15,17-19H,11,14,16H2,1-5H3,(H,27,30). The molecule has 2 aromatic rings. The second kappa shape index (κ2) is 11.2. The fourth-order valence-corrected chi connectivity index (χ4v) is 3.50. The highest BCUT2D eigenvalue weighted by Gasteiger charge is 2.26. The zero-order valence-corrected chi connectivity index (χ0v) is 19.4. The van der Waals surface area contributed by atoms with E-state index in [0.717, 1.165) is 11.1 Å². The van der Waals surface area contributed by atoms with Gasteiger partial charge in [-0.05, 0) is 61.9 Å². The molecule has 1 N–H and O–H groups in total. The first-order valence-electron chi connectivity index (χ1n) is 10.6. The summed E-state index contributed by atoms with van der Waals surface area (Å²) < 4.78 is 0. The Bertz CT molecular complexity index is 846. The fraction of sp³-hybridized carbons (Fsp3) is 0.440. The predicted octanol–water partition coefficient (Wildman–Crippen LogP) is 5.34. The molecule has 1 atom stereocenters. The number of carbonyl (C=O) groups is 2. The summed E-state index contributed by atoms with van der Waals surface area (Å²) in [5.41, 5.74) is 3.31. The summed E-state index contributed by atoms with van der Waals surface area (Å²) >= 11 is 6.11. The van der Waals surface area contributed by atoms with E-state index in [0.29, 0.717) is 30.3 Å². The van der Waals surface area contributed by atoms with Gasteiger partial charge in [0.15, 0.2) is 0 Å². The minimum absolute atomic E-state index is 0.0162. The molecule has 5 heteroatoms. The molecular formula is C25H33ClN2O2. The molecule has 0 spiro atoms. The Labute approximate surface area is 185 Å². The number of aryl methyl sites for hydroxylation is 1. The van der Waals surface area contributed by atoms with Gasteiger partial charge in [-0.15, -0.1) is 0 Å². The van der Waals surface area contributed by atoms with Crippen molar-refractivity contribution in [3.63, 3.8) is 0 Å². The molecule has 0 aliphatic rings. The van der Waals surface area contributed by atoms with E-state index >= 15 is 0 Å². The summed E-state index contributed by atoms with van der Waals surface area (Å²) in [5, 5.41) is 3.52. The molecule has 0 aromatic heterocycles. The van der Waals surface area contributed by atoms with Crippen molar-refractivity contribution >= 4 is 23.4 Å². The lowest BCUT2D eigenvalue weighted by Gasteiger charge is -2.29. The van der Waals surface area contributed by atoms with Crippen molar-refractivity contribution in [1.29, 1.82) is 0 Å². The highest BCUT2D eigenvalue weighted by Crippen LogP contribution is 2.18. The SMILES string of the molecule is CC(C)NC(=O)C(C)N(Cc1cccc(Cl)c1)C(=O)CCc1ccc(C(C)C)cc1. The van der Waals surface area contributed by atoms with Gasteiger partial charge in [-0.25, -0.2) is 0 Å². The van der Waals surface area contributed by atoms with Crippen LogP contribution >= 0.6 is 11.6 Å². The lowest BCUT2D eigenvalue weighted by molar-refractivity contribution is -0.140. The number of hydrogen-bond donors (Lipinski definition) is 1. The smallest absolute Gasteiger partial charge is 0.242 e. The normalized spacial score (nSPS) is 12.1. The van der Waals surface area contributed by atoms with Gasteiger partial charge in [-0.2, -0.15) is 0 Å². The number of carbonyl (C=O) groups excluding carboxylic acids is 2. The van der Waals surface area contributed by atoms with Gasteiger partial charge >= 0.3 is 0 Å². The molecule has 0 bridgehead atoms. The topological polar surface area (TPSA) is 49.4 Å². The van der Waals surface area contributed by atoms with Crippen LogP contribution in [0.2, 0.25) is 5.02 Å². The van der Waals surface area contributed by atoms with Gasteiger partial charge in [-0.1, -0.05) is 61.8 Å². The van der Waals surface area contributed by atoms with E-state index in [-0.39, 0.29) is 17.9 Å². The molecule has 0 radical (unpaired) electrons. The zero-order valence-electron chi connectivity index (χ0n) is 18.6. The summed E-state index contributed by atoms with van der Waals surface area (Å²) in [4.78, 5) is 27.4. The molecule has 0 saturated carbocycles. The van der Waals surface area contributed by atoms with Crippen LogP contribution in [0.1, 0.15) is 63.6 Å². The van der Waals surface area contributed by atoms with Crippen LogP contribution in [0.25, 0.3) is 0 Å². The molecular weight excluding hydrogens is 396 g/mol. The summed E-state index contributed by atoms with van der Waals surface area (Å²) in [7, 11) is 0. The van der Waals surface area contributed by atoms with E-state index in [1.165, 1.54) is 5.56 Å². The summed E-state index contributed by atoms with van der Waals surface area (Å²) in [6.07, 6.45) is 0.989. The maximum atomic E-state index is 13.1. The van der Waals surface area contributed by atoms with Crippen LogP contribution in [0.5, 0.6) is 0 Å². The third kappa shape index (κ3) is 7.17. The Kier molecular flexibility index (Phi) is 8.91. The van der Waals surface area contributed by atoms with Crippen LogP contribution in [0.4, 0.5) is 0 Å². The van der Waals surface area contributed by atoms with E-state index < -0.39 is 6.04 Å². The van der Waals surface area contributed by atoms with Gasteiger partial charge in [0.1, 0.15) is 6.04 Å². The molecule has 2 aromatic carbocycles. The molecule has 2 rings (SSSR count). The Morgan fingerprint density at radius 2 is 1.63 bits per heavy atom. The number of amides is 2. The molecule has 30 heavy (non-hydrogen) atoms. The molecule has 0 saturated heterocycles. The van der Waals surface area contributed by atoms with Crippen molar-refractivity contribution in [2.75, 3.05) is 0 Å². The van der Waals surface area contributed by atoms with E-state index in [2.05, 4.69) is 43.4 Å². The Morgan fingerprint density at radius 1 is 0.967 bits per heavy atom. The van der Waals surface area contributed by atoms with Crippen molar-refractivity contribution in [3.8, 4) is 0 Å². The van der Waals surface area contributed by atoms with Gasteiger partial charge in [0, 0.05) is 24.0 Å². The fourth-order valence-electron chi connectivity index (χ4n) is 3.28. The Hall–Kier alpha value is -2.33. The van der Waals surface area contributed by atoms with Crippen molar-refractivity contribution < 1.29 is 9.59 Å². The Balaban J connectivity index is 2.13. The maximum absolute atomic E-state index is 13.1. The van der Waals surface area contributed by atoms with Gasteiger partial charge in [0.25, 0.3) is 0 Å². The summed E-state index contributed by atoms with van der Waals surface area (Å²) in [6.45, 7) is 10.3. The van der Waals surface area contributed by atoms with Crippen LogP contribution in [0.3, 0.4) is 0 Å². The second-order valence-electron chi connectivity index (χ2n) is 8.39. The molecule has 1 unspecified atom stereocenters. The van der Waals surface area contributed by atoms with Crippen LogP contribution in [-0.2, 0) is 22.6 Å². The highest BCUT2D eigenvalue weighted by atomic mass is 35.5. The van der Waals surface area contributed by atoms with E-state index in [4.69, 9.17) is 11.6 Å². The minimum Gasteiger partial charge on any atom is -0.352 e. The van der Waals surface area contributed by atoms with Gasteiger partial charge in [0.2, 0.25) is 11.8 Å². The summed E-state index contributed by atoms with van der Waals surface area (Å²) in [6, 6.07) is 15.3. The first kappa shape index (κ1) is 23.9. The van der Waals surface area contributed by atoms with Gasteiger partial charge in [0.05, 0.1) is 0 Å². The van der Waals surface area contributed by atoms with E-state index in [1.54, 1.807) is 17.9 Å². The van der Waals surface area contributed by atoms with Gasteiger partial charge in [-0.3, -0.25) is 9.59 Å². The van der Waals surface area contributed by atoms with Crippen LogP contribution < -0.4 is 5.32 Å². The number of rotatable bonds is 9. The Morgan fingerprint density at radius 3 is 2.20 bits per heavy atom. The third-order valence-electron chi connectivity index (χ3n) is 5.11. The second-order valence-corrected chi connectivity index (χ2v) is 8.82. The number of nitrogens with zero attached hydrogens (tertiary/aromatic N) is 1. The molecule has 0 fully saturated rings. The molecule has 0 aliphatic carbocycles. The summed E-state index contributed by atoms with van der Waals surface area (Å²) in [5.74, 6) is 0.283. The first-order chi connectivity index (χ1) is 14.2. The molecule has 0 heterocycles. The quantitative estimate of drug-likeness (QED) is 0.586. The van der Waals surface area contributed by atoms with Crippen molar-refractivity contribution in [1.82, 2.24) is 10.2 Å². The number of hydrogen-bond acceptors (Lipinski definition) is 2. The lowest BCUT2D eigenvalue weighted by atomic mass is 10.00. The van der Waals surface area contributed by atoms with Crippen molar-refractivity contribution in [2.45, 2.75) is 72.0 Å². The van der Waals surface area contributed by atoms with Gasteiger partial charge < -0.3 is 10.2 Å². The highest BCUT2D eigenvalue weighted by molar-refractivity contribution is 6.30. The van der Waals surface area contributed by atoms with Crippen LogP contribution in [0, 0.1) is 0 Å². The predicted molar refractivity (Wildman–Crippen MR) is 124 cm³/mol. The van der Waals surface area contributed by atoms with Crippen molar-refractivity contribution in [3.05, 3.63) is 70.2 Å². The van der Waals surface area contributed by atoms with Crippen LogP contribution in [0.15, 0.2) is 48.5 Å². The van der Waals surface area contributed by atoms with E-state index in [9.17, 15) is 9.59 Å². The van der Waals surface area contributed by atoms with Crippen LogP contribution in [-0.4, -0.2) is 28.8 Å². The molecule has 2 amide bonds. The number of nitrogens with one attached hydrogen (secondary N) is 1. The molecule has 0 aliphatic heterocycles. The lowest BCUT2D eigenvalue weighted by Crippen LogP contribution is -2.49. The zero-order chi connectivity index (χ0) is 22.3. The largest absolute Gasteiger partial charge is 0.352 e.